The number of benzene rings is 3. The fourth-order valence-corrected chi connectivity index (χ4v) is 4.22. The summed E-state index contributed by atoms with van der Waals surface area (Å²) in [5, 5.41) is 2.25. The van der Waals surface area contributed by atoms with Gasteiger partial charge in [0.15, 0.2) is 0 Å². The van der Waals surface area contributed by atoms with Crippen LogP contribution >= 0.6 is 0 Å². The lowest BCUT2D eigenvalue weighted by Gasteiger charge is -2.15. The van der Waals surface area contributed by atoms with E-state index in [1.54, 1.807) is 0 Å². The fourth-order valence-electron chi connectivity index (χ4n) is 3.56. The van der Waals surface area contributed by atoms with Gasteiger partial charge in [-0.1, -0.05) is 48.5 Å². The molecular weight excluding hydrogens is 397 g/mol. The van der Waals surface area contributed by atoms with Crippen molar-refractivity contribution in [2.24, 2.45) is 0 Å². The van der Waals surface area contributed by atoms with Crippen molar-refractivity contribution >= 4 is 21.9 Å². The lowest BCUT2D eigenvalue weighted by atomic mass is 9.98. The molecule has 0 atom stereocenters. The first-order valence-corrected chi connectivity index (χ1v) is 10.2. The van der Waals surface area contributed by atoms with Gasteiger partial charge in [0.25, 0.3) is 10.1 Å². The molecule has 1 aliphatic rings. The van der Waals surface area contributed by atoms with E-state index in [2.05, 4.69) is 5.32 Å². The lowest BCUT2D eigenvalue weighted by molar-refractivity contribution is 0.158. The number of anilines is 1. The number of amides is 1. The van der Waals surface area contributed by atoms with Gasteiger partial charge in [0.1, 0.15) is 17.3 Å². The van der Waals surface area contributed by atoms with E-state index in [0.29, 0.717) is 6.07 Å². The SMILES string of the molecule is O=C(Nc1ccc(F)cc1S(=O)(=O)O)OCC1c2ccccc2-c2ccccc21. The number of hydrogen-bond acceptors (Lipinski definition) is 4. The van der Waals surface area contributed by atoms with Crippen LogP contribution in [0.2, 0.25) is 0 Å². The summed E-state index contributed by atoms with van der Waals surface area (Å²) in [5.74, 6) is -1.03. The summed E-state index contributed by atoms with van der Waals surface area (Å²) in [6.07, 6.45) is -0.914. The van der Waals surface area contributed by atoms with E-state index in [4.69, 9.17) is 4.74 Å². The molecule has 0 fully saturated rings. The zero-order valence-electron chi connectivity index (χ0n) is 15.0. The quantitative estimate of drug-likeness (QED) is 0.617. The van der Waals surface area contributed by atoms with Crippen LogP contribution in [0.3, 0.4) is 0 Å². The Kier molecular flexibility index (Phi) is 4.81. The molecule has 29 heavy (non-hydrogen) atoms. The van der Waals surface area contributed by atoms with E-state index < -0.39 is 26.9 Å². The molecule has 0 aromatic heterocycles. The number of carbonyl (C=O) groups excluding carboxylic acids is 1. The molecule has 0 spiro atoms. The van der Waals surface area contributed by atoms with E-state index >= 15 is 0 Å². The third kappa shape index (κ3) is 3.72. The minimum atomic E-state index is -4.72. The molecule has 0 saturated carbocycles. The van der Waals surface area contributed by atoms with E-state index in [1.165, 1.54) is 0 Å². The smallest absolute Gasteiger partial charge is 0.411 e. The lowest BCUT2D eigenvalue weighted by Crippen LogP contribution is -2.19. The van der Waals surface area contributed by atoms with Crippen LogP contribution in [0.5, 0.6) is 0 Å². The van der Waals surface area contributed by atoms with E-state index in [-0.39, 0.29) is 18.2 Å². The van der Waals surface area contributed by atoms with Crippen LogP contribution in [0.25, 0.3) is 11.1 Å². The zero-order chi connectivity index (χ0) is 20.6. The Morgan fingerprint density at radius 2 is 1.59 bits per heavy atom. The highest BCUT2D eigenvalue weighted by Gasteiger charge is 2.29. The summed E-state index contributed by atoms with van der Waals surface area (Å²) in [4.78, 5) is 11.5. The van der Waals surface area contributed by atoms with Gasteiger partial charge in [-0.3, -0.25) is 9.87 Å². The average molecular weight is 413 g/mol. The maximum Gasteiger partial charge on any atom is 0.411 e. The van der Waals surface area contributed by atoms with Gasteiger partial charge in [-0.15, -0.1) is 0 Å². The van der Waals surface area contributed by atoms with Gasteiger partial charge in [-0.05, 0) is 40.5 Å². The number of hydrogen-bond donors (Lipinski definition) is 2. The van der Waals surface area contributed by atoms with Crippen LogP contribution in [0.4, 0.5) is 14.9 Å². The molecule has 1 amide bonds. The van der Waals surface area contributed by atoms with E-state index in [0.717, 1.165) is 34.4 Å². The number of halogens is 1. The van der Waals surface area contributed by atoms with Crippen LogP contribution in [-0.2, 0) is 14.9 Å². The van der Waals surface area contributed by atoms with Crippen molar-refractivity contribution in [1.82, 2.24) is 0 Å². The predicted molar refractivity (Wildman–Crippen MR) is 105 cm³/mol. The number of fused-ring (bicyclic) bond motifs is 3. The van der Waals surface area contributed by atoms with Gasteiger partial charge in [0, 0.05) is 5.92 Å². The highest BCUT2D eigenvalue weighted by molar-refractivity contribution is 7.86. The number of rotatable bonds is 4. The first-order valence-electron chi connectivity index (χ1n) is 8.73. The highest BCUT2D eigenvalue weighted by Crippen LogP contribution is 2.44. The number of nitrogens with one attached hydrogen (secondary N) is 1. The molecule has 0 heterocycles. The third-order valence-electron chi connectivity index (χ3n) is 4.80. The predicted octanol–water partition coefficient (Wildman–Crippen LogP) is 4.43. The maximum absolute atomic E-state index is 13.3. The molecular formula is C21H16FNO5S. The summed E-state index contributed by atoms with van der Waals surface area (Å²) < 4.78 is 50.7. The van der Waals surface area contributed by atoms with Crippen molar-refractivity contribution < 1.29 is 26.9 Å². The molecule has 3 aromatic carbocycles. The van der Waals surface area contributed by atoms with Gasteiger partial charge in [-0.25, -0.2) is 9.18 Å². The topological polar surface area (TPSA) is 92.7 Å². The van der Waals surface area contributed by atoms with Crippen LogP contribution < -0.4 is 5.32 Å². The van der Waals surface area contributed by atoms with Gasteiger partial charge in [-0.2, -0.15) is 8.42 Å². The zero-order valence-corrected chi connectivity index (χ0v) is 15.8. The fraction of sp³-hybridized carbons (Fsp3) is 0.0952. The molecule has 0 saturated heterocycles. The normalized spacial score (nSPS) is 12.9. The number of ether oxygens (including phenoxy) is 1. The van der Waals surface area contributed by atoms with Crippen molar-refractivity contribution in [3.05, 3.63) is 83.7 Å². The molecule has 0 unspecified atom stereocenters. The van der Waals surface area contributed by atoms with Crippen molar-refractivity contribution in [2.75, 3.05) is 11.9 Å². The van der Waals surface area contributed by atoms with Crippen LogP contribution in [0, 0.1) is 5.82 Å². The molecule has 4 rings (SSSR count). The summed E-state index contributed by atoms with van der Waals surface area (Å²) in [6, 6.07) is 18.3. The minimum Gasteiger partial charge on any atom is -0.448 e. The van der Waals surface area contributed by atoms with Gasteiger partial charge >= 0.3 is 6.09 Å². The molecule has 0 bridgehead atoms. The van der Waals surface area contributed by atoms with Crippen LogP contribution in [0.1, 0.15) is 17.0 Å². The molecule has 148 valence electrons. The van der Waals surface area contributed by atoms with Crippen LogP contribution in [0.15, 0.2) is 71.6 Å². The maximum atomic E-state index is 13.3. The molecule has 1 aliphatic carbocycles. The first-order chi connectivity index (χ1) is 13.8. The largest absolute Gasteiger partial charge is 0.448 e. The van der Waals surface area contributed by atoms with Crippen molar-refractivity contribution in [3.63, 3.8) is 0 Å². The molecule has 3 aromatic rings. The molecule has 6 nitrogen and oxygen atoms in total. The molecule has 0 radical (unpaired) electrons. The Labute approximate surface area is 166 Å². The van der Waals surface area contributed by atoms with Gasteiger partial charge in [0.05, 0.1) is 5.69 Å². The summed E-state index contributed by atoms with van der Waals surface area (Å²) in [5.41, 5.74) is 3.93. The Morgan fingerprint density at radius 1 is 1.00 bits per heavy atom. The third-order valence-corrected chi connectivity index (χ3v) is 5.70. The molecule has 2 N–H and O–H groups in total. The van der Waals surface area contributed by atoms with E-state index in [9.17, 15) is 22.2 Å². The van der Waals surface area contributed by atoms with Crippen molar-refractivity contribution in [3.8, 4) is 11.1 Å². The monoisotopic (exact) mass is 413 g/mol. The Balaban J connectivity index is 1.53. The van der Waals surface area contributed by atoms with Gasteiger partial charge in [0.2, 0.25) is 0 Å². The second-order valence-corrected chi connectivity index (χ2v) is 7.96. The van der Waals surface area contributed by atoms with Crippen molar-refractivity contribution in [2.45, 2.75) is 10.8 Å². The highest BCUT2D eigenvalue weighted by atomic mass is 32.2. The first kappa shape index (κ1) is 19.1. The summed E-state index contributed by atoms with van der Waals surface area (Å²) in [6.45, 7) is 0.0300. The molecule has 0 aliphatic heterocycles. The molecule has 8 heteroatoms. The average Bonchev–Trinajstić information content (AvgIpc) is 3.01. The standard InChI is InChI=1S/C21H16FNO5S/c22-13-9-10-19(20(11-13)29(25,26)27)23-21(24)28-12-18-16-7-3-1-5-14(16)15-6-2-4-8-17(15)18/h1-11,18H,12H2,(H,23,24)(H,25,26,27). The summed E-state index contributed by atoms with van der Waals surface area (Å²) in [7, 11) is -4.72. The van der Waals surface area contributed by atoms with Crippen molar-refractivity contribution in [1.29, 1.82) is 0 Å². The number of carbonyl (C=O) groups is 1. The Morgan fingerprint density at radius 3 is 2.17 bits per heavy atom. The second-order valence-electron chi connectivity index (χ2n) is 6.57. The van der Waals surface area contributed by atoms with E-state index in [1.807, 2.05) is 48.5 Å². The Hall–Kier alpha value is -3.23. The summed E-state index contributed by atoms with van der Waals surface area (Å²) >= 11 is 0. The Bertz CT molecular complexity index is 1160. The van der Waals surface area contributed by atoms with Crippen LogP contribution in [-0.4, -0.2) is 25.7 Å². The van der Waals surface area contributed by atoms with Gasteiger partial charge < -0.3 is 4.74 Å². The minimum absolute atomic E-state index is 0.0300. The second kappa shape index (κ2) is 7.31.